The average molecular weight is 336 g/mol. The topological polar surface area (TPSA) is 57.3 Å². The van der Waals surface area contributed by atoms with E-state index >= 15 is 0 Å². The van der Waals surface area contributed by atoms with E-state index in [0.29, 0.717) is 16.1 Å². The van der Waals surface area contributed by atoms with E-state index in [4.69, 9.17) is 0 Å². The van der Waals surface area contributed by atoms with E-state index < -0.39 is 5.82 Å². The van der Waals surface area contributed by atoms with Gasteiger partial charge >= 0.3 is 0 Å². The third kappa shape index (κ3) is 3.40. The number of likely N-dealkylation sites (tertiary alicyclic amines) is 1. The first-order valence-corrected chi connectivity index (χ1v) is 8.32. The van der Waals surface area contributed by atoms with Crippen molar-refractivity contribution in [1.29, 1.82) is 0 Å². The fourth-order valence-corrected chi connectivity index (χ4v) is 3.66. The summed E-state index contributed by atoms with van der Waals surface area (Å²) in [6, 6.07) is 4.19. The number of carbonyl (C=O) groups excluding carboxylic acids is 1. The van der Waals surface area contributed by atoms with Crippen molar-refractivity contribution in [2.75, 3.05) is 27.2 Å². The number of thioether (sulfide) groups is 1. The van der Waals surface area contributed by atoms with E-state index in [0.717, 1.165) is 19.5 Å². The van der Waals surface area contributed by atoms with E-state index in [1.54, 1.807) is 0 Å². The number of likely N-dealkylation sites (N-methyl/N-ethyl adjacent to an activating group) is 1. The number of amides is 1. The zero-order valence-corrected chi connectivity index (χ0v) is 13.9. The Kier molecular flexibility index (Phi) is 4.41. The van der Waals surface area contributed by atoms with Gasteiger partial charge < -0.3 is 14.9 Å². The van der Waals surface area contributed by atoms with Gasteiger partial charge in [0.25, 0.3) is 5.91 Å². The smallest absolute Gasteiger partial charge is 0.286 e. The number of halogens is 1. The lowest BCUT2D eigenvalue weighted by Crippen LogP contribution is -3.10. The molecule has 7 heteroatoms. The molecule has 1 saturated heterocycles. The van der Waals surface area contributed by atoms with Gasteiger partial charge in [0.05, 0.1) is 25.5 Å². The highest BCUT2D eigenvalue weighted by atomic mass is 32.2. The van der Waals surface area contributed by atoms with Crippen LogP contribution in [0.5, 0.6) is 5.75 Å². The maximum Gasteiger partial charge on any atom is 0.286 e. The third-order valence-electron chi connectivity index (χ3n) is 4.16. The first-order valence-electron chi connectivity index (χ1n) is 7.50. The summed E-state index contributed by atoms with van der Waals surface area (Å²) >= 11 is 1.28. The predicted octanol–water partition coefficient (Wildman–Crippen LogP) is 0.720. The summed E-state index contributed by atoms with van der Waals surface area (Å²) in [6.07, 6.45) is 2.56. The van der Waals surface area contributed by atoms with E-state index in [-0.39, 0.29) is 17.2 Å². The number of quaternary nitrogens is 1. The number of benzene rings is 1. The minimum absolute atomic E-state index is 0.0572. The van der Waals surface area contributed by atoms with Gasteiger partial charge in [0.2, 0.25) is 0 Å². The Balaban J connectivity index is 1.75. The van der Waals surface area contributed by atoms with E-state index in [9.17, 15) is 14.3 Å². The Hall–Kier alpha value is -1.86. The molecule has 1 fully saturated rings. The molecule has 1 amide bonds. The van der Waals surface area contributed by atoms with Crippen LogP contribution >= 0.6 is 11.8 Å². The van der Waals surface area contributed by atoms with Crippen LogP contribution in [0.1, 0.15) is 12.0 Å². The molecule has 0 saturated carbocycles. The van der Waals surface area contributed by atoms with Gasteiger partial charge in [0.15, 0.2) is 5.17 Å². The zero-order valence-electron chi connectivity index (χ0n) is 13.0. The molecule has 1 unspecified atom stereocenters. The monoisotopic (exact) mass is 336 g/mol. The molecule has 122 valence electrons. The standard InChI is InChI=1S/C16H18FN3O2S/c1-19(2)12-5-6-20(9-12)16-18-15(22)14(23-16)8-10-7-11(17)3-4-13(10)21/h3-4,7-8,12,21H,5-6,9H2,1-2H3/p+1/b14-8+. The average Bonchev–Trinajstić information content (AvgIpc) is 3.10. The Morgan fingerprint density at radius 3 is 2.96 bits per heavy atom. The van der Waals surface area contributed by atoms with Gasteiger partial charge in [-0.25, -0.2) is 4.39 Å². The van der Waals surface area contributed by atoms with Crippen LogP contribution in [0, 0.1) is 5.82 Å². The summed E-state index contributed by atoms with van der Waals surface area (Å²) in [5.74, 6) is -0.852. The van der Waals surface area contributed by atoms with Gasteiger partial charge in [-0.2, -0.15) is 4.99 Å². The van der Waals surface area contributed by atoms with Crippen molar-refractivity contribution in [3.05, 3.63) is 34.5 Å². The van der Waals surface area contributed by atoms with Crippen LogP contribution < -0.4 is 4.90 Å². The molecule has 5 nitrogen and oxygen atoms in total. The Bertz CT molecular complexity index is 703. The lowest BCUT2D eigenvalue weighted by atomic mass is 10.2. The van der Waals surface area contributed by atoms with Crippen molar-refractivity contribution in [3.63, 3.8) is 0 Å². The molecule has 0 aliphatic carbocycles. The van der Waals surface area contributed by atoms with E-state index in [1.165, 1.54) is 40.9 Å². The van der Waals surface area contributed by atoms with Crippen LogP contribution in [0.4, 0.5) is 4.39 Å². The minimum Gasteiger partial charge on any atom is -0.507 e. The van der Waals surface area contributed by atoms with Crippen LogP contribution in [-0.4, -0.2) is 54.3 Å². The van der Waals surface area contributed by atoms with Crippen molar-refractivity contribution in [1.82, 2.24) is 4.90 Å². The lowest BCUT2D eigenvalue weighted by molar-refractivity contribution is -0.883. The van der Waals surface area contributed by atoms with Crippen molar-refractivity contribution >= 4 is 28.9 Å². The molecule has 2 aliphatic rings. The van der Waals surface area contributed by atoms with Crippen molar-refractivity contribution in [3.8, 4) is 5.75 Å². The number of phenols is 1. The van der Waals surface area contributed by atoms with E-state index in [2.05, 4.69) is 24.0 Å². The van der Waals surface area contributed by atoms with Gasteiger partial charge in [0, 0.05) is 18.5 Å². The highest BCUT2D eigenvalue weighted by molar-refractivity contribution is 8.18. The molecule has 3 rings (SSSR count). The van der Waals surface area contributed by atoms with Gasteiger partial charge in [0.1, 0.15) is 17.6 Å². The molecule has 0 bridgehead atoms. The second-order valence-corrected chi connectivity index (χ2v) is 7.03. The number of carbonyl (C=O) groups is 1. The maximum atomic E-state index is 13.3. The van der Waals surface area contributed by atoms with Crippen LogP contribution in [0.25, 0.3) is 6.08 Å². The number of amidine groups is 1. The van der Waals surface area contributed by atoms with Gasteiger partial charge in [-0.15, -0.1) is 0 Å². The van der Waals surface area contributed by atoms with E-state index in [1.807, 2.05) is 0 Å². The summed E-state index contributed by atoms with van der Waals surface area (Å²) in [5, 5.41) is 10.5. The first-order chi connectivity index (χ1) is 10.9. The number of aromatic hydroxyl groups is 1. The highest BCUT2D eigenvalue weighted by Gasteiger charge is 2.33. The normalized spacial score (nSPS) is 23.2. The zero-order chi connectivity index (χ0) is 16.6. The fourth-order valence-electron chi connectivity index (χ4n) is 2.72. The molecular formula is C16H19FN3O2S+. The molecule has 0 aromatic heterocycles. The molecule has 1 aromatic rings. The molecule has 0 spiro atoms. The second kappa shape index (κ2) is 6.33. The summed E-state index contributed by atoms with van der Waals surface area (Å²) in [5.41, 5.74) is 0.286. The number of rotatable bonds is 2. The summed E-state index contributed by atoms with van der Waals surface area (Å²) in [7, 11) is 4.25. The molecule has 2 heterocycles. The first kappa shape index (κ1) is 16.0. The van der Waals surface area contributed by atoms with Crippen LogP contribution in [0.2, 0.25) is 0 Å². The Morgan fingerprint density at radius 1 is 1.48 bits per heavy atom. The second-order valence-electron chi connectivity index (χ2n) is 6.02. The number of phenolic OH excluding ortho intramolecular Hbond substituents is 1. The van der Waals surface area contributed by atoms with Crippen molar-refractivity contribution in [2.45, 2.75) is 12.5 Å². The number of aliphatic imine (C=N–C) groups is 1. The van der Waals surface area contributed by atoms with Gasteiger partial charge in [-0.1, -0.05) is 0 Å². The molecule has 2 aliphatic heterocycles. The fraction of sp³-hybridized carbons (Fsp3) is 0.375. The summed E-state index contributed by atoms with van der Waals surface area (Å²) in [4.78, 5) is 20.1. The minimum atomic E-state index is -0.456. The summed E-state index contributed by atoms with van der Waals surface area (Å²) in [6.45, 7) is 1.76. The Morgan fingerprint density at radius 2 is 2.26 bits per heavy atom. The quantitative estimate of drug-likeness (QED) is 0.782. The van der Waals surface area contributed by atoms with Crippen molar-refractivity contribution in [2.24, 2.45) is 4.99 Å². The van der Waals surface area contributed by atoms with Crippen LogP contribution in [0.15, 0.2) is 28.1 Å². The predicted molar refractivity (Wildman–Crippen MR) is 88.9 cm³/mol. The summed E-state index contributed by atoms with van der Waals surface area (Å²) < 4.78 is 13.3. The highest BCUT2D eigenvalue weighted by Crippen LogP contribution is 2.33. The third-order valence-corrected chi connectivity index (χ3v) is 5.21. The Labute approximate surface area is 138 Å². The molecule has 0 radical (unpaired) electrons. The lowest BCUT2D eigenvalue weighted by Gasteiger charge is -2.18. The SMILES string of the molecule is C[NH+](C)C1CCN(C2=NC(=O)/C(=C\c3cc(F)ccc3O)S2)C1. The molecule has 1 aromatic carbocycles. The number of hydrogen-bond acceptors (Lipinski definition) is 4. The number of hydrogen-bond donors (Lipinski definition) is 2. The largest absolute Gasteiger partial charge is 0.507 e. The number of nitrogens with one attached hydrogen (secondary N) is 1. The number of nitrogens with zero attached hydrogens (tertiary/aromatic N) is 2. The van der Waals surface area contributed by atoms with Crippen LogP contribution in [-0.2, 0) is 4.79 Å². The van der Waals surface area contributed by atoms with Crippen LogP contribution in [0.3, 0.4) is 0 Å². The van der Waals surface area contributed by atoms with Gasteiger partial charge in [-0.05, 0) is 36.0 Å². The molecule has 1 atom stereocenters. The molecule has 2 N–H and O–H groups in total. The van der Waals surface area contributed by atoms with Gasteiger partial charge in [-0.3, -0.25) is 4.79 Å². The molecular weight excluding hydrogens is 317 g/mol. The maximum absolute atomic E-state index is 13.3. The molecule has 23 heavy (non-hydrogen) atoms. The van der Waals surface area contributed by atoms with Crippen molar-refractivity contribution < 1.29 is 19.2 Å².